The maximum Gasteiger partial charge on any atom is 0.0133 e. The second kappa shape index (κ2) is 5.15. The predicted molar refractivity (Wildman–Crippen MR) is 54.1 cm³/mol. The summed E-state index contributed by atoms with van der Waals surface area (Å²) in [4.78, 5) is 0. The van der Waals surface area contributed by atoms with Gasteiger partial charge in [0.15, 0.2) is 0 Å². The number of rotatable bonds is 4. The summed E-state index contributed by atoms with van der Waals surface area (Å²) in [6, 6.07) is 0.647. The van der Waals surface area contributed by atoms with Gasteiger partial charge in [0.25, 0.3) is 0 Å². The zero-order valence-corrected chi connectivity index (χ0v) is 7.76. The second-order valence-corrected chi connectivity index (χ2v) is 3.51. The second-order valence-electron chi connectivity index (χ2n) is 3.51. The standard InChI is InChI=1S/C11H19N/c1-3-6-10-8-5-9-12-11(10)7-4-2/h3-4,10-12H,1-2,5-9H2/i11+2. The highest BCUT2D eigenvalue weighted by Crippen LogP contribution is 2.22. The average molecular weight is 167 g/mol. The Morgan fingerprint density at radius 3 is 2.92 bits per heavy atom. The lowest BCUT2D eigenvalue weighted by atomic mass is 10.1. The fourth-order valence-electron chi connectivity index (χ4n) is 1.97. The minimum Gasteiger partial charge on any atom is -0.313 e. The van der Waals surface area contributed by atoms with Crippen LogP contribution < -0.4 is 5.32 Å². The first-order valence-corrected chi connectivity index (χ1v) is 4.83. The first-order chi connectivity index (χ1) is 5.88. The number of hydrogen-bond donors (Lipinski definition) is 1. The van der Waals surface area contributed by atoms with Gasteiger partial charge in [-0.3, -0.25) is 0 Å². The van der Waals surface area contributed by atoms with E-state index in [-0.39, 0.29) is 0 Å². The van der Waals surface area contributed by atoms with Gasteiger partial charge < -0.3 is 5.32 Å². The van der Waals surface area contributed by atoms with Crippen LogP contribution in [-0.2, 0) is 0 Å². The van der Waals surface area contributed by atoms with Crippen molar-refractivity contribution >= 4 is 0 Å². The molecular formula is C11H19N. The van der Waals surface area contributed by atoms with E-state index in [4.69, 9.17) is 0 Å². The van der Waals surface area contributed by atoms with Crippen LogP contribution in [0.4, 0.5) is 0 Å². The van der Waals surface area contributed by atoms with Crippen LogP contribution in [0.3, 0.4) is 0 Å². The molecule has 2 atom stereocenters. The molecule has 1 saturated heterocycles. The van der Waals surface area contributed by atoms with Gasteiger partial charge in [-0.25, -0.2) is 0 Å². The molecule has 1 aliphatic heterocycles. The molecule has 2 unspecified atom stereocenters. The third kappa shape index (κ3) is 2.49. The first-order valence-electron chi connectivity index (χ1n) is 4.83. The largest absolute Gasteiger partial charge is 0.313 e. The fourth-order valence-corrected chi connectivity index (χ4v) is 1.97. The van der Waals surface area contributed by atoms with E-state index in [1.165, 1.54) is 19.4 Å². The minimum absolute atomic E-state index is 0.647. The average Bonchev–Trinajstić information content (AvgIpc) is 2.09. The van der Waals surface area contributed by atoms with Crippen LogP contribution in [0.5, 0.6) is 0 Å². The molecule has 0 amide bonds. The third-order valence-corrected chi connectivity index (χ3v) is 2.62. The molecule has 0 radical (unpaired) electrons. The van der Waals surface area contributed by atoms with Crippen molar-refractivity contribution in [2.45, 2.75) is 31.7 Å². The quantitative estimate of drug-likeness (QED) is 0.634. The third-order valence-electron chi connectivity index (χ3n) is 2.62. The highest BCUT2D eigenvalue weighted by molar-refractivity contribution is 4.89. The number of hydrogen-bond acceptors (Lipinski definition) is 1. The van der Waals surface area contributed by atoms with Gasteiger partial charge in [-0.05, 0) is 38.1 Å². The van der Waals surface area contributed by atoms with Crippen LogP contribution in [0, 0.1) is 5.92 Å². The molecule has 0 aromatic carbocycles. The van der Waals surface area contributed by atoms with Crippen molar-refractivity contribution in [3.8, 4) is 0 Å². The summed E-state index contributed by atoms with van der Waals surface area (Å²) in [5.41, 5.74) is 0. The van der Waals surface area contributed by atoms with Gasteiger partial charge in [0, 0.05) is 6.04 Å². The van der Waals surface area contributed by atoms with Crippen molar-refractivity contribution in [2.24, 2.45) is 5.92 Å². The summed E-state index contributed by atoms with van der Waals surface area (Å²) in [6.07, 6.45) is 8.94. The Morgan fingerprint density at radius 1 is 1.42 bits per heavy atom. The summed E-state index contributed by atoms with van der Waals surface area (Å²) in [6.45, 7) is 8.75. The summed E-state index contributed by atoms with van der Waals surface area (Å²) in [5.74, 6) is 0.786. The first kappa shape index (κ1) is 9.53. The van der Waals surface area contributed by atoms with Gasteiger partial charge >= 0.3 is 0 Å². The van der Waals surface area contributed by atoms with Crippen LogP contribution in [0.25, 0.3) is 0 Å². The summed E-state index contributed by atoms with van der Waals surface area (Å²) >= 11 is 0. The smallest absolute Gasteiger partial charge is 0.0133 e. The van der Waals surface area contributed by atoms with E-state index in [9.17, 15) is 0 Å². The molecule has 0 aliphatic carbocycles. The molecule has 1 heteroatoms. The molecule has 0 aromatic rings. The lowest BCUT2D eigenvalue weighted by Gasteiger charge is -2.31. The number of allylic oxidation sites excluding steroid dienone is 1. The van der Waals surface area contributed by atoms with Gasteiger partial charge in [0.05, 0.1) is 0 Å². The highest BCUT2D eigenvalue weighted by atomic mass is 15.5. The van der Waals surface area contributed by atoms with Crippen LogP contribution in [-0.4, -0.2) is 12.6 Å². The Labute approximate surface area is 75.6 Å². The lowest BCUT2D eigenvalue weighted by Crippen LogP contribution is -2.40. The molecule has 1 rings (SSSR count). The topological polar surface area (TPSA) is 12.0 Å². The molecule has 1 N–H and O–H groups in total. The molecule has 0 bridgehead atoms. The number of piperidine rings is 1. The van der Waals surface area contributed by atoms with Crippen molar-refractivity contribution in [1.82, 2.24) is 5.32 Å². The van der Waals surface area contributed by atoms with E-state index < -0.39 is 0 Å². The Kier molecular flexibility index (Phi) is 4.09. The van der Waals surface area contributed by atoms with Gasteiger partial charge in [-0.2, -0.15) is 0 Å². The fraction of sp³-hybridized carbons (Fsp3) is 0.636. The van der Waals surface area contributed by atoms with Gasteiger partial charge in [0.2, 0.25) is 0 Å². The zero-order valence-electron chi connectivity index (χ0n) is 7.76. The van der Waals surface area contributed by atoms with Gasteiger partial charge in [-0.1, -0.05) is 12.2 Å². The molecule has 0 aromatic heterocycles. The highest BCUT2D eigenvalue weighted by Gasteiger charge is 2.21. The molecule has 12 heavy (non-hydrogen) atoms. The molecule has 1 aliphatic rings. The zero-order chi connectivity index (χ0) is 8.81. The lowest BCUT2D eigenvalue weighted by molar-refractivity contribution is 0.283. The van der Waals surface area contributed by atoms with E-state index in [2.05, 4.69) is 18.5 Å². The van der Waals surface area contributed by atoms with Crippen LogP contribution >= 0.6 is 0 Å². The Morgan fingerprint density at radius 2 is 2.25 bits per heavy atom. The van der Waals surface area contributed by atoms with Crippen molar-refractivity contribution in [3.05, 3.63) is 25.3 Å². The molecular weight excluding hydrogens is 148 g/mol. The normalized spacial score (nSPS) is 29.7. The number of nitrogens with one attached hydrogen (secondary N) is 1. The minimum atomic E-state index is 0.647. The Balaban J connectivity index is 2.41. The summed E-state index contributed by atoms with van der Waals surface area (Å²) < 4.78 is 0. The molecule has 0 spiro atoms. The Bertz CT molecular complexity index is 133. The van der Waals surface area contributed by atoms with E-state index >= 15 is 0 Å². The van der Waals surface area contributed by atoms with Crippen LogP contribution in [0.2, 0.25) is 0 Å². The SMILES string of the molecule is C=CCC1CCCN[14CH]1CC=C. The van der Waals surface area contributed by atoms with E-state index in [1.54, 1.807) is 0 Å². The maximum absolute atomic E-state index is 3.80. The van der Waals surface area contributed by atoms with Crippen molar-refractivity contribution < 1.29 is 0 Å². The van der Waals surface area contributed by atoms with Crippen LogP contribution in [0.15, 0.2) is 25.3 Å². The summed E-state index contributed by atoms with van der Waals surface area (Å²) in [5, 5.41) is 3.54. The van der Waals surface area contributed by atoms with Gasteiger partial charge in [0.1, 0.15) is 0 Å². The maximum atomic E-state index is 3.80. The van der Waals surface area contributed by atoms with Crippen LogP contribution in [0.1, 0.15) is 25.7 Å². The molecule has 1 nitrogen and oxygen atoms in total. The molecule has 1 fully saturated rings. The molecule has 1 heterocycles. The van der Waals surface area contributed by atoms with Crippen molar-refractivity contribution in [2.75, 3.05) is 6.54 Å². The summed E-state index contributed by atoms with van der Waals surface area (Å²) in [7, 11) is 0. The van der Waals surface area contributed by atoms with E-state index in [0.717, 1.165) is 18.8 Å². The van der Waals surface area contributed by atoms with Gasteiger partial charge in [-0.15, -0.1) is 13.2 Å². The monoisotopic (exact) mass is 167 g/mol. The molecule has 68 valence electrons. The predicted octanol–water partition coefficient (Wildman–Crippen LogP) is 2.51. The van der Waals surface area contributed by atoms with E-state index in [0.29, 0.717) is 6.04 Å². The van der Waals surface area contributed by atoms with Crippen molar-refractivity contribution in [1.29, 1.82) is 0 Å². The van der Waals surface area contributed by atoms with Crippen molar-refractivity contribution in [3.63, 3.8) is 0 Å². The Hall–Kier alpha value is -0.560. The molecule has 0 saturated carbocycles. The van der Waals surface area contributed by atoms with E-state index in [1.807, 2.05) is 12.2 Å².